The summed E-state index contributed by atoms with van der Waals surface area (Å²) in [6.45, 7) is 0.475. The highest BCUT2D eigenvalue weighted by molar-refractivity contribution is 9.10. The number of hydrogen-bond donors (Lipinski definition) is 1. The number of rotatable bonds is 8. The van der Waals surface area contributed by atoms with E-state index < -0.39 is 0 Å². The van der Waals surface area contributed by atoms with Gasteiger partial charge in [0.25, 0.3) is 0 Å². The van der Waals surface area contributed by atoms with Crippen LogP contribution in [-0.4, -0.2) is 17.5 Å². The standard InChI is InChI=1S/C20H18BrFN2O2S/c21-15-5-9-17(10-6-15)26-11-1-2-19(25)24-20-23-13-18(27-20)12-14-3-7-16(22)8-4-14/h3-10,13H,1-2,11-12H2,(H,23,24,25). The summed E-state index contributed by atoms with van der Waals surface area (Å²) >= 11 is 4.80. The fourth-order valence-corrected chi connectivity index (χ4v) is 3.51. The zero-order chi connectivity index (χ0) is 19.1. The van der Waals surface area contributed by atoms with Gasteiger partial charge in [-0.15, -0.1) is 11.3 Å². The fraction of sp³-hybridized carbons (Fsp3) is 0.200. The van der Waals surface area contributed by atoms with Gasteiger partial charge in [0, 0.05) is 28.4 Å². The summed E-state index contributed by atoms with van der Waals surface area (Å²) in [5, 5.41) is 3.39. The van der Waals surface area contributed by atoms with Gasteiger partial charge in [-0.05, 0) is 48.4 Å². The number of carbonyl (C=O) groups excluding carboxylic acids is 1. The summed E-state index contributed by atoms with van der Waals surface area (Å²) < 4.78 is 19.5. The molecular formula is C20H18BrFN2O2S. The van der Waals surface area contributed by atoms with Crippen molar-refractivity contribution in [1.82, 2.24) is 4.98 Å². The molecule has 0 saturated carbocycles. The summed E-state index contributed by atoms with van der Waals surface area (Å²) in [5.74, 6) is 0.446. The summed E-state index contributed by atoms with van der Waals surface area (Å²) in [4.78, 5) is 17.3. The Labute approximate surface area is 169 Å². The monoisotopic (exact) mass is 448 g/mol. The zero-order valence-electron chi connectivity index (χ0n) is 14.5. The Morgan fingerprint density at radius 2 is 1.89 bits per heavy atom. The number of carbonyl (C=O) groups is 1. The number of benzene rings is 2. The van der Waals surface area contributed by atoms with Gasteiger partial charge in [0.15, 0.2) is 5.13 Å². The Kier molecular flexibility index (Phi) is 6.95. The van der Waals surface area contributed by atoms with Crippen molar-refractivity contribution in [2.24, 2.45) is 0 Å². The maximum Gasteiger partial charge on any atom is 0.226 e. The predicted octanol–water partition coefficient (Wildman–Crippen LogP) is 5.43. The van der Waals surface area contributed by atoms with E-state index in [-0.39, 0.29) is 11.7 Å². The fourth-order valence-electron chi connectivity index (χ4n) is 2.39. The van der Waals surface area contributed by atoms with Crippen LogP contribution in [-0.2, 0) is 11.2 Å². The number of amides is 1. The molecule has 7 heteroatoms. The molecule has 0 aliphatic rings. The lowest BCUT2D eigenvalue weighted by Gasteiger charge is -2.06. The van der Waals surface area contributed by atoms with Crippen LogP contribution in [0.5, 0.6) is 5.75 Å². The molecule has 0 fully saturated rings. The van der Waals surface area contributed by atoms with Crippen molar-refractivity contribution in [3.8, 4) is 5.75 Å². The van der Waals surface area contributed by atoms with Crippen LogP contribution in [0.15, 0.2) is 59.2 Å². The average molecular weight is 449 g/mol. The normalized spacial score (nSPS) is 10.6. The molecule has 1 N–H and O–H groups in total. The van der Waals surface area contributed by atoms with Gasteiger partial charge in [0.2, 0.25) is 5.91 Å². The van der Waals surface area contributed by atoms with Gasteiger partial charge in [0.1, 0.15) is 11.6 Å². The number of halogens is 2. The average Bonchev–Trinajstić information content (AvgIpc) is 3.09. The molecule has 4 nitrogen and oxygen atoms in total. The first-order chi connectivity index (χ1) is 13.1. The summed E-state index contributed by atoms with van der Waals surface area (Å²) in [5.41, 5.74) is 1.00. The SMILES string of the molecule is O=C(CCCOc1ccc(Br)cc1)Nc1ncc(Cc2ccc(F)cc2)s1. The van der Waals surface area contributed by atoms with Gasteiger partial charge in [-0.25, -0.2) is 9.37 Å². The second-order valence-corrected chi connectivity index (χ2v) is 7.92. The number of aromatic nitrogens is 1. The van der Waals surface area contributed by atoms with E-state index in [2.05, 4.69) is 26.2 Å². The van der Waals surface area contributed by atoms with Gasteiger partial charge in [-0.2, -0.15) is 0 Å². The molecule has 1 aromatic heterocycles. The minimum absolute atomic E-state index is 0.0860. The predicted molar refractivity (Wildman–Crippen MR) is 109 cm³/mol. The Morgan fingerprint density at radius 1 is 1.15 bits per heavy atom. The van der Waals surface area contributed by atoms with E-state index in [1.807, 2.05) is 24.3 Å². The van der Waals surface area contributed by atoms with Gasteiger partial charge in [-0.1, -0.05) is 28.1 Å². The number of anilines is 1. The zero-order valence-corrected chi connectivity index (χ0v) is 16.9. The van der Waals surface area contributed by atoms with Crippen LogP contribution in [0, 0.1) is 5.82 Å². The van der Waals surface area contributed by atoms with Crippen LogP contribution in [0.25, 0.3) is 0 Å². The molecule has 3 aromatic rings. The Balaban J connectivity index is 1.39. The van der Waals surface area contributed by atoms with Crippen molar-refractivity contribution < 1.29 is 13.9 Å². The number of nitrogens with zero attached hydrogens (tertiary/aromatic N) is 1. The van der Waals surface area contributed by atoms with Gasteiger partial charge in [-0.3, -0.25) is 4.79 Å². The maximum absolute atomic E-state index is 12.9. The summed E-state index contributed by atoms with van der Waals surface area (Å²) in [6, 6.07) is 14.0. The van der Waals surface area contributed by atoms with E-state index in [1.54, 1.807) is 18.3 Å². The molecule has 0 bridgehead atoms. The molecule has 27 heavy (non-hydrogen) atoms. The molecule has 0 aliphatic carbocycles. The quantitative estimate of drug-likeness (QED) is 0.467. The third-order valence-electron chi connectivity index (χ3n) is 3.72. The van der Waals surface area contributed by atoms with Crippen LogP contribution in [0.3, 0.4) is 0 Å². The van der Waals surface area contributed by atoms with E-state index in [4.69, 9.17) is 4.74 Å². The van der Waals surface area contributed by atoms with Crippen LogP contribution in [0.2, 0.25) is 0 Å². The van der Waals surface area contributed by atoms with Crippen molar-refractivity contribution in [3.63, 3.8) is 0 Å². The molecule has 0 atom stereocenters. The first-order valence-electron chi connectivity index (χ1n) is 8.46. The molecule has 0 saturated heterocycles. The molecule has 0 spiro atoms. The molecule has 0 unspecified atom stereocenters. The number of ether oxygens (including phenoxy) is 1. The number of thiazole rings is 1. The van der Waals surface area contributed by atoms with E-state index in [0.717, 1.165) is 20.7 Å². The molecule has 0 aliphatic heterocycles. The smallest absolute Gasteiger partial charge is 0.226 e. The minimum atomic E-state index is -0.250. The molecule has 1 amide bonds. The first kappa shape index (κ1) is 19.5. The van der Waals surface area contributed by atoms with Crippen LogP contribution < -0.4 is 10.1 Å². The van der Waals surface area contributed by atoms with Gasteiger partial charge < -0.3 is 10.1 Å². The molecule has 140 valence electrons. The van der Waals surface area contributed by atoms with Crippen molar-refractivity contribution in [2.45, 2.75) is 19.3 Å². The number of hydrogen-bond acceptors (Lipinski definition) is 4. The van der Waals surface area contributed by atoms with Crippen molar-refractivity contribution >= 4 is 38.3 Å². The highest BCUT2D eigenvalue weighted by Gasteiger charge is 2.08. The van der Waals surface area contributed by atoms with E-state index in [0.29, 0.717) is 31.0 Å². The lowest BCUT2D eigenvalue weighted by atomic mass is 10.1. The lowest BCUT2D eigenvalue weighted by molar-refractivity contribution is -0.116. The van der Waals surface area contributed by atoms with E-state index in [1.165, 1.54) is 23.5 Å². The summed E-state index contributed by atoms with van der Waals surface area (Å²) in [7, 11) is 0. The second-order valence-electron chi connectivity index (χ2n) is 5.89. The second kappa shape index (κ2) is 9.62. The van der Waals surface area contributed by atoms with Crippen molar-refractivity contribution in [2.75, 3.05) is 11.9 Å². The third-order valence-corrected chi connectivity index (χ3v) is 5.16. The molecule has 2 aromatic carbocycles. The maximum atomic E-state index is 12.9. The first-order valence-corrected chi connectivity index (χ1v) is 10.1. The largest absolute Gasteiger partial charge is 0.494 e. The van der Waals surface area contributed by atoms with Crippen molar-refractivity contribution in [3.05, 3.63) is 75.5 Å². The Morgan fingerprint density at radius 3 is 2.63 bits per heavy atom. The highest BCUT2D eigenvalue weighted by atomic mass is 79.9. The summed E-state index contributed by atoms with van der Waals surface area (Å²) in [6.07, 6.45) is 3.38. The lowest BCUT2D eigenvalue weighted by Crippen LogP contribution is -2.12. The van der Waals surface area contributed by atoms with Crippen molar-refractivity contribution in [1.29, 1.82) is 0 Å². The van der Waals surface area contributed by atoms with E-state index in [9.17, 15) is 9.18 Å². The molecule has 1 heterocycles. The topological polar surface area (TPSA) is 51.2 Å². The Bertz CT molecular complexity index is 882. The van der Waals surface area contributed by atoms with Crippen LogP contribution in [0.4, 0.5) is 9.52 Å². The van der Waals surface area contributed by atoms with E-state index >= 15 is 0 Å². The van der Waals surface area contributed by atoms with Crippen LogP contribution in [0.1, 0.15) is 23.3 Å². The third kappa shape index (κ3) is 6.45. The van der Waals surface area contributed by atoms with Crippen LogP contribution >= 0.6 is 27.3 Å². The minimum Gasteiger partial charge on any atom is -0.494 e. The van der Waals surface area contributed by atoms with Gasteiger partial charge >= 0.3 is 0 Å². The Hall–Kier alpha value is -2.25. The van der Waals surface area contributed by atoms with Gasteiger partial charge in [0.05, 0.1) is 6.61 Å². The molecule has 3 rings (SSSR count). The number of nitrogens with one attached hydrogen (secondary N) is 1. The molecule has 0 radical (unpaired) electrons. The highest BCUT2D eigenvalue weighted by Crippen LogP contribution is 2.22. The molecular weight excluding hydrogens is 431 g/mol.